The molecule has 184 valence electrons. The SMILES string of the molecule is Cc1nc(-c2ccccc2)nc(N2CCN(C[C@@H](O)Cc3ccccc3)CC2)c1Cc1ccccc1. The van der Waals surface area contributed by atoms with E-state index < -0.39 is 0 Å². The maximum Gasteiger partial charge on any atom is 0.161 e. The van der Waals surface area contributed by atoms with Crippen molar-refractivity contribution >= 4 is 5.82 Å². The molecule has 0 spiro atoms. The van der Waals surface area contributed by atoms with Crippen molar-refractivity contribution in [3.05, 3.63) is 113 Å². The molecule has 0 radical (unpaired) electrons. The van der Waals surface area contributed by atoms with Crippen LogP contribution < -0.4 is 4.90 Å². The van der Waals surface area contributed by atoms with Gasteiger partial charge in [-0.1, -0.05) is 91.0 Å². The summed E-state index contributed by atoms with van der Waals surface area (Å²) in [6.45, 7) is 6.36. The smallest absolute Gasteiger partial charge is 0.161 e. The number of piperazine rings is 1. The Hall–Kier alpha value is -3.54. The summed E-state index contributed by atoms with van der Waals surface area (Å²) in [4.78, 5) is 14.8. The molecule has 1 aliphatic heterocycles. The molecule has 0 bridgehead atoms. The van der Waals surface area contributed by atoms with Crippen LogP contribution in [-0.4, -0.2) is 58.8 Å². The van der Waals surface area contributed by atoms with Crippen molar-refractivity contribution < 1.29 is 5.11 Å². The molecule has 1 fully saturated rings. The first-order chi connectivity index (χ1) is 17.7. The molecular formula is C31H34N4O. The zero-order chi connectivity index (χ0) is 24.7. The minimum atomic E-state index is -0.362. The summed E-state index contributed by atoms with van der Waals surface area (Å²) in [7, 11) is 0. The summed E-state index contributed by atoms with van der Waals surface area (Å²) >= 11 is 0. The lowest BCUT2D eigenvalue weighted by Gasteiger charge is -2.37. The second kappa shape index (κ2) is 11.5. The van der Waals surface area contributed by atoms with E-state index in [1.165, 1.54) is 16.7 Å². The highest BCUT2D eigenvalue weighted by Crippen LogP contribution is 2.28. The monoisotopic (exact) mass is 478 g/mol. The van der Waals surface area contributed by atoms with Crippen LogP contribution in [0.25, 0.3) is 11.4 Å². The highest BCUT2D eigenvalue weighted by atomic mass is 16.3. The van der Waals surface area contributed by atoms with Crippen LogP contribution in [-0.2, 0) is 12.8 Å². The molecule has 1 aromatic heterocycles. The lowest BCUT2D eigenvalue weighted by Crippen LogP contribution is -2.49. The van der Waals surface area contributed by atoms with E-state index in [1.54, 1.807) is 0 Å². The van der Waals surface area contributed by atoms with Crippen LogP contribution in [0.5, 0.6) is 0 Å². The third-order valence-electron chi connectivity index (χ3n) is 6.90. The average molecular weight is 479 g/mol. The number of benzene rings is 3. The Balaban J connectivity index is 1.33. The number of nitrogens with zero attached hydrogens (tertiary/aromatic N) is 4. The fourth-order valence-electron chi connectivity index (χ4n) is 4.96. The molecule has 3 aromatic carbocycles. The maximum atomic E-state index is 10.7. The Morgan fingerprint density at radius 3 is 1.97 bits per heavy atom. The predicted molar refractivity (Wildman–Crippen MR) is 146 cm³/mol. The van der Waals surface area contributed by atoms with Crippen molar-refractivity contribution in [3.63, 3.8) is 0 Å². The summed E-state index contributed by atoms with van der Waals surface area (Å²) in [6.07, 6.45) is 1.14. The molecule has 36 heavy (non-hydrogen) atoms. The van der Waals surface area contributed by atoms with Crippen LogP contribution in [0.2, 0.25) is 0 Å². The van der Waals surface area contributed by atoms with Gasteiger partial charge in [-0.05, 0) is 24.5 Å². The van der Waals surface area contributed by atoms with Crippen molar-refractivity contribution in [1.82, 2.24) is 14.9 Å². The van der Waals surface area contributed by atoms with Gasteiger partial charge in [0.2, 0.25) is 0 Å². The number of aryl methyl sites for hydroxylation is 1. The minimum absolute atomic E-state index is 0.362. The van der Waals surface area contributed by atoms with Crippen LogP contribution in [0.4, 0.5) is 5.82 Å². The van der Waals surface area contributed by atoms with Crippen LogP contribution in [0.3, 0.4) is 0 Å². The van der Waals surface area contributed by atoms with Gasteiger partial charge >= 0.3 is 0 Å². The van der Waals surface area contributed by atoms with Gasteiger partial charge in [-0.3, -0.25) is 4.90 Å². The summed E-state index contributed by atoms with van der Waals surface area (Å²) in [5.41, 5.74) is 5.71. The normalized spacial score (nSPS) is 15.1. The van der Waals surface area contributed by atoms with Crippen LogP contribution in [0.15, 0.2) is 91.0 Å². The van der Waals surface area contributed by atoms with Gasteiger partial charge in [0.1, 0.15) is 5.82 Å². The average Bonchev–Trinajstić information content (AvgIpc) is 2.92. The lowest BCUT2D eigenvalue weighted by molar-refractivity contribution is 0.109. The lowest BCUT2D eigenvalue weighted by atomic mass is 10.0. The Morgan fingerprint density at radius 2 is 1.33 bits per heavy atom. The standard InChI is InChI=1S/C31H34N4O/c1-24-29(22-26-13-7-3-8-14-26)31(33-30(32-24)27-15-9-4-10-16-27)35-19-17-34(18-20-35)23-28(36)21-25-11-5-2-6-12-25/h2-16,28,36H,17-23H2,1H3/t28-/m0/s1. The van der Waals surface area contributed by atoms with E-state index in [2.05, 4.69) is 71.3 Å². The molecule has 1 N–H and O–H groups in total. The Morgan fingerprint density at radius 1 is 0.750 bits per heavy atom. The number of aliphatic hydroxyl groups is 1. The fourth-order valence-corrected chi connectivity index (χ4v) is 4.96. The van der Waals surface area contributed by atoms with Gasteiger partial charge in [-0.2, -0.15) is 0 Å². The van der Waals surface area contributed by atoms with Crippen molar-refractivity contribution in [2.75, 3.05) is 37.6 Å². The highest BCUT2D eigenvalue weighted by molar-refractivity contribution is 5.61. The molecule has 5 rings (SSSR count). The molecule has 4 aromatic rings. The number of aromatic nitrogens is 2. The number of anilines is 1. The summed E-state index contributed by atoms with van der Waals surface area (Å²) in [5.74, 6) is 1.82. The van der Waals surface area contributed by atoms with Gasteiger partial charge in [0.25, 0.3) is 0 Å². The summed E-state index contributed by atoms with van der Waals surface area (Å²) in [5, 5.41) is 10.7. The second-order valence-corrected chi connectivity index (χ2v) is 9.59. The van der Waals surface area contributed by atoms with Crippen LogP contribution in [0.1, 0.15) is 22.4 Å². The zero-order valence-corrected chi connectivity index (χ0v) is 20.9. The van der Waals surface area contributed by atoms with E-state index >= 15 is 0 Å². The van der Waals surface area contributed by atoms with Gasteiger partial charge in [-0.15, -0.1) is 0 Å². The zero-order valence-electron chi connectivity index (χ0n) is 20.9. The third kappa shape index (κ3) is 5.99. The van der Waals surface area contributed by atoms with Crippen LogP contribution in [0, 0.1) is 6.92 Å². The Labute approximate surface area is 214 Å². The van der Waals surface area contributed by atoms with E-state index in [4.69, 9.17) is 9.97 Å². The molecular weight excluding hydrogens is 444 g/mol. The predicted octanol–water partition coefficient (Wildman–Crippen LogP) is 4.77. The summed E-state index contributed by atoms with van der Waals surface area (Å²) in [6, 6.07) is 31.0. The van der Waals surface area contributed by atoms with Gasteiger partial charge in [0.15, 0.2) is 5.82 Å². The molecule has 1 atom stereocenters. The molecule has 1 aliphatic rings. The Bertz CT molecular complexity index is 1240. The van der Waals surface area contributed by atoms with Crippen molar-refractivity contribution in [2.45, 2.75) is 25.9 Å². The first kappa shape index (κ1) is 24.2. The van der Waals surface area contributed by atoms with Crippen molar-refractivity contribution in [1.29, 1.82) is 0 Å². The fraction of sp³-hybridized carbons (Fsp3) is 0.290. The largest absolute Gasteiger partial charge is 0.391 e. The molecule has 0 amide bonds. The second-order valence-electron chi connectivity index (χ2n) is 9.59. The molecule has 0 aliphatic carbocycles. The van der Waals surface area contributed by atoms with Crippen LogP contribution >= 0.6 is 0 Å². The van der Waals surface area contributed by atoms with Gasteiger partial charge in [-0.25, -0.2) is 9.97 Å². The quantitative estimate of drug-likeness (QED) is 0.395. The first-order valence-corrected chi connectivity index (χ1v) is 12.8. The molecule has 0 unspecified atom stereocenters. The Kier molecular flexibility index (Phi) is 7.70. The van der Waals surface area contributed by atoms with Gasteiger partial charge in [0, 0.05) is 56.0 Å². The highest BCUT2D eigenvalue weighted by Gasteiger charge is 2.24. The molecule has 5 heteroatoms. The molecule has 5 nitrogen and oxygen atoms in total. The summed E-state index contributed by atoms with van der Waals surface area (Å²) < 4.78 is 0. The molecule has 0 saturated carbocycles. The van der Waals surface area contributed by atoms with E-state index in [0.29, 0.717) is 13.0 Å². The first-order valence-electron chi connectivity index (χ1n) is 12.8. The van der Waals surface area contributed by atoms with E-state index in [-0.39, 0.29) is 6.10 Å². The molecule has 1 saturated heterocycles. The molecule has 2 heterocycles. The number of aliphatic hydroxyl groups excluding tert-OH is 1. The number of rotatable bonds is 8. The minimum Gasteiger partial charge on any atom is -0.391 e. The topological polar surface area (TPSA) is 52.5 Å². The number of hydrogen-bond donors (Lipinski definition) is 1. The van der Waals surface area contributed by atoms with E-state index in [1.807, 2.05) is 36.4 Å². The van der Waals surface area contributed by atoms with E-state index in [0.717, 1.165) is 55.5 Å². The van der Waals surface area contributed by atoms with Gasteiger partial charge in [0.05, 0.1) is 6.10 Å². The number of hydrogen-bond acceptors (Lipinski definition) is 5. The van der Waals surface area contributed by atoms with E-state index in [9.17, 15) is 5.11 Å². The van der Waals surface area contributed by atoms with Crippen molar-refractivity contribution in [3.8, 4) is 11.4 Å². The maximum absolute atomic E-state index is 10.7. The third-order valence-corrected chi connectivity index (χ3v) is 6.90. The van der Waals surface area contributed by atoms with Crippen molar-refractivity contribution in [2.24, 2.45) is 0 Å². The number of β-amino-alcohol motifs (C(OH)–C–C–N with tert-alkyl or cyclic N) is 1. The van der Waals surface area contributed by atoms with Gasteiger partial charge < -0.3 is 10.0 Å².